The van der Waals surface area contributed by atoms with Gasteiger partial charge in [0.05, 0.1) is 17.7 Å². The molecule has 27 heavy (non-hydrogen) atoms. The monoisotopic (exact) mass is 398 g/mol. The van der Waals surface area contributed by atoms with E-state index in [0.29, 0.717) is 6.54 Å². The fourth-order valence-electron chi connectivity index (χ4n) is 3.58. The average molecular weight is 399 g/mol. The zero-order chi connectivity index (χ0) is 19.9. The molecule has 0 radical (unpaired) electrons. The third kappa shape index (κ3) is 4.19. The summed E-state index contributed by atoms with van der Waals surface area (Å²) in [7, 11) is 0. The van der Waals surface area contributed by atoms with Gasteiger partial charge in [0.25, 0.3) is 0 Å². The van der Waals surface area contributed by atoms with Crippen molar-refractivity contribution in [1.82, 2.24) is 10.2 Å². The van der Waals surface area contributed by atoms with Crippen LogP contribution in [0.2, 0.25) is 5.02 Å². The topological polar surface area (TPSA) is 78.9 Å². The van der Waals surface area contributed by atoms with Gasteiger partial charge in [-0.3, -0.25) is 9.69 Å². The summed E-state index contributed by atoms with van der Waals surface area (Å²) in [4.78, 5) is 26.8. The molecule has 1 aromatic rings. The molecule has 0 aromatic heterocycles. The van der Waals surface area contributed by atoms with Crippen LogP contribution in [0.1, 0.15) is 38.8 Å². The highest BCUT2D eigenvalue weighted by Gasteiger charge is 2.57. The lowest BCUT2D eigenvalue weighted by atomic mass is 10.1. The second-order valence-corrected chi connectivity index (χ2v) is 8.53. The van der Waals surface area contributed by atoms with E-state index in [4.69, 9.17) is 16.3 Å². The Bertz CT molecular complexity index is 752. The van der Waals surface area contributed by atoms with Gasteiger partial charge in [0.15, 0.2) is 0 Å². The first-order chi connectivity index (χ1) is 12.6. The molecule has 2 fully saturated rings. The molecule has 0 spiro atoms. The summed E-state index contributed by atoms with van der Waals surface area (Å²) in [5.74, 6) is -0.757. The van der Waals surface area contributed by atoms with Gasteiger partial charge in [-0.25, -0.2) is 9.18 Å². The van der Waals surface area contributed by atoms with Crippen molar-refractivity contribution < 1.29 is 23.8 Å². The van der Waals surface area contributed by atoms with Crippen LogP contribution in [0.3, 0.4) is 0 Å². The molecule has 1 saturated heterocycles. The molecule has 1 heterocycles. The molecule has 3 rings (SSSR count). The molecule has 6 nitrogen and oxygen atoms in total. The van der Waals surface area contributed by atoms with Gasteiger partial charge in [0.2, 0.25) is 5.91 Å². The van der Waals surface area contributed by atoms with Gasteiger partial charge in [0, 0.05) is 12.1 Å². The maximum Gasteiger partial charge on any atom is 0.410 e. The smallest absolute Gasteiger partial charge is 0.410 e. The van der Waals surface area contributed by atoms with E-state index in [9.17, 15) is 19.1 Å². The van der Waals surface area contributed by atoms with E-state index in [1.54, 1.807) is 26.8 Å². The number of aliphatic hydroxyl groups excluding tert-OH is 1. The van der Waals surface area contributed by atoms with Crippen LogP contribution in [-0.2, 0) is 9.53 Å². The molecule has 1 aromatic carbocycles. The van der Waals surface area contributed by atoms with E-state index in [1.807, 2.05) is 0 Å². The summed E-state index contributed by atoms with van der Waals surface area (Å²) >= 11 is 5.80. The first-order valence-corrected chi connectivity index (χ1v) is 9.35. The Morgan fingerprint density at radius 3 is 2.78 bits per heavy atom. The zero-order valence-electron chi connectivity index (χ0n) is 15.5. The number of benzene rings is 1. The van der Waals surface area contributed by atoms with Crippen LogP contribution in [0.5, 0.6) is 0 Å². The highest BCUT2D eigenvalue weighted by atomic mass is 35.5. The normalized spacial score (nSPS) is 25.0. The maximum atomic E-state index is 14.3. The van der Waals surface area contributed by atoms with Crippen LogP contribution in [-0.4, -0.2) is 46.8 Å². The summed E-state index contributed by atoms with van der Waals surface area (Å²) in [6.45, 7) is 5.27. The van der Waals surface area contributed by atoms with Crippen LogP contribution in [0.15, 0.2) is 18.2 Å². The van der Waals surface area contributed by atoms with E-state index < -0.39 is 42.1 Å². The lowest BCUT2D eigenvalue weighted by molar-refractivity contribution is -0.127. The van der Waals surface area contributed by atoms with Crippen LogP contribution in [0, 0.1) is 17.7 Å². The van der Waals surface area contributed by atoms with Gasteiger partial charge in [-0.15, -0.1) is 0 Å². The van der Waals surface area contributed by atoms with Crippen LogP contribution in [0.4, 0.5) is 9.18 Å². The number of hydrogen-bond donors (Lipinski definition) is 2. The van der Waals surface area contributed by atoms with Gasteiger partial charge >= 0.3 is 6.09 Å². The van der Waals surface area contributed by atoms with Crippen molar-refractivity contribution >= 4 is 23.6 Å². The number of aliphatic hydroxyl groups is 1. The molecule has 1 aliphatic carbocycles. The van der Waals surface area contributed by atoms with Crippen molar-refractivity contribution in [1.29, 1.82) is 0 Å². The number of rotatable bonds is 4. The Hall–Kier alpha value is -1.86. The van der Waals surface area contributed by atoms with E-state index in [0.717, 1.165) is 6.42 Å². The number of piperidine rings is 1. The first-order valence-electron chi connectivity index (χ1n) is 8.97. The first kappa shape index (κ1) is 19.9. The number of amides is 2. The number of carbonyl (C=O) groups excluding carboxylic acids is 2. The highest BCUT2D eigenvalue weighted by Crippen LogP contribution is 2.50. The summed E-state index contributed by atoms with van der Waals surface area (Å²) < 4.78 is 19.7. The molecule has 2 aliphatic rings. The Morgan fingerprint density at radius 1 is 1.44 bits per heavy atom. The minimum Gasteiger partial charge on any atom is -0.444 e. The molecule has 0 bridgehead atoms. The predicted molar refractivity (Wildman–Crippen MR) is 97.7 cm³/mol. The van der Waals surface area contributed by atoms with Gasteiger partial charge in [0.1, 0.15) is 17.5 Å². The second-order valence-electron chi connectivity index (χ2n) is 8.12. The highest BCUT2D eigenvalue weighted by molar-refractivity contribution is 6.30. The van der Waals surface area contributed by atoms with Crippen molar-refractivity contribution in [2.75, 3.05) is 13.2 Å². The van der Waals surface area contributed by atoms with Crippen molar-refractivity contribution in [2.24, 2.45) is 11.8 Å². The third-order valence-electron chi connectivity index (χ3n) is 4.90. The Morgan fingerprint density at radius 2 is 2.15 bits per heavy atom. The van der Waals surface area contributed by atoms with Crippen LogP contribution >= 0.6 is 11.6 Å². The minimum atomic E-state index is -0.950. The van der Waals surface area contributed by atoms with E-state index in [2.05, 4.69) is 5.32 Å². The fourth-order valence-corrected chi connectivity index (χ4v) is 3.76. The Kier molecular flexibility index (Phi) is 5.36. The fraction of sp³-hybridized carbons (Fsp3) is 0.579. The van der Waals surface area contributed by atoms with E-state index >= 15 is 0 Å². The summed E-state index contributed by atoms with van der Waals surface area (Å²) in [5.41, 5.74) is -0.560. The van der Waals surface area contributed by atoms with Gasteiger partial charge < -0.3 is 15.2 Å². The van der Waals surface area contributed by atoms with E-state index in [1.165, 1.54) is 17.0 Å². The summed E-state index contributed by atoms with van der Waals surface area (Å²) in [6, 6.07) is 2.78. The molecule has 1 saturated carbocycles. The van der Waals surface area contributed by atoms with Crippen LogP contribution in [0.25, 0.3) is 0 Å². The standard InChI is InChI=1S/C19H24ClFN2O4/c1-19(2,3)27-18(26)23-8-10-7-12(10)16(23)17(25)22-14(9-24)11-5-4-6-13(20)15(11)21/h4-6,10,12,14,16,24H,7-9H2,1-3H3,(H,22,25)/t10-,12-,14-,16+/m1/s1. The lowest BCUT2D eigenvalue weighted by Gasteiger charge is -2.30. The molecule has 8 heteroatoms. The SMILES string of the molecule is CC(C)(C)OC(=O)N1C[C@H]2C[C@H]2[C@H]1C(=O)N[C@H](CO)c1cccc(Cl)c1F. The second kappa shape index (κ2) is 7.28. The van der Waals surface area contributed by atoms with Crippen molar-refractivity contribution in [2.45, 2.75) is 44.9 Å². The minimum absolute atomic E-state index is 0.0704. The molecule has 1 aliphatic heterocycles. The Labute approximate surface area is 162 Å². The molecule has 2 N–H and O–H groups in total. The molecule has 2 amide bonds. The maximum absolute atomic E-state index is 14.3. The van der Waals surface area contributed by atoms with Crippen LogP contribution < -0.4 is 5.32 Å². The summed E-state index contributed by atoms with van der Waals surface area (Å²) in [5, 5.41) is 12.2. The van der Waals surface area contributed by atoms with Gasteiger partial charge in [-0.2, -0.15) is 0 Å². The average Bonchev–Trinajstić information content (AvgIpc) is 3.23. The Balaban J connectivity index is 1.75. The number of hydrogen-bond acceptors (Lipinski definition) is 4. The molecule has 148 valence electrons. The van der Waals surface area contributed by atoms with Crippen molar-refractivity contribution in [3.05, 3.63) is 34.6 Å². The van der Waals surface area contributed by atoms with E-state index in [-0.39, 0.29) is 22.4 Å². The zero-order valence-corrected chi connectivity index (χ0v) is 16.3. The number of ether oxygens (including phenoxy) is 1. The largest absolute Gasteiger partial charge is 0.444 e. The molecular weight excluding hydrogens is 375 g/mol. The predicted octanol–water partition coefficient (Wildman–Crippen LogP) is 2.88. The number of halogens is 2. The number of fused-ring (bicyclic) bond motifs is 1. The molecule has 4 atom stereocenters. The van der Waals surface area contributed by atoms with Crippen molar-refractivity contribution in [3.8, 4) is 0 Å². The molecule has 0 unspecified atom stereocenters. The third-order valence-corrected chi connectivity index (χ3v) is 5.19. The lowest BCUT2D eigenvalue weighted by Crippen LogP contribution is -2.50. The van der Waals surface area contributed by atoms with Gasteiger partial charge in [-0.05, 0) is 45.1 Å². The number of carbonyl (C=O) groups is 2. The van der Waals surface area contributed by atoms with Crippen molar-refractivity contribution in [3.63, 3.8) is 0 Å². The number of likely N-dealkylation sites (tertiary alicyclic amines) is 1. The van der Waals surface area contributed by atoms with Gasteiger partial charge in [-0.1, -0.05) is 23.7 Å². The quantitative estimate of drug-likeness (QED) is 0.817. The summed E-state index contributed by atoms with van der Waals surface area (Å²) in [6.07, 6.45) is 0.330. The molecular formula is C19H24ClFN2O4. The number of nitrogens with zero attached hydrogens (tertiary/aromatic N) is 1. The number of nitrogens with one attached hydrogen (secondary N) is 1.